The maximum absolute atomic E-state index is 13.5. The monoisotopic (exact) mass is 406 g/mol. The number of hydrogen-bond acceptors (Lipinski definition) is 0. The molecule has 0 amide bonds. The van der Waals surface area contributed by atoms with Crippen LogP contribution in [0.1, 0.15) is 38.5 Å². The molecule has 1 saturated carbocycles. The maximum atomic E-state index is 13.5. The highest BCUT2D eigenvalue weighted by molar-refractivity contribution is 6.92. The lowest BCUT2D eigenvalue weighted by Crippen LogP contribution is -2.47. The first-order valence-electron chi connectivity index (χ1n) is 7.93. The van der Waals surface area contributed by atoms with Crippen LogP contribution in [0.2, 0.25) is 0 Å². The molecular formula is C15H24F9P. The van der Waals surface area contributed by atoms with Crippen LogP contribution in [0.3, 0.4) is 0 Å². The van der Waals surface area contributed by atoms with E-state index in [-0.39, 0.29) is 35.6 Å². The fourth-order valence-corrected chi connectivity index (χ4v) is 2.63. The molecule has 25 heavy (non-hydrogen) atoms. The molecule has 10 heteroatoms. The average Bonchev–Trinajstić information content (AvgIpc) is 2.56. The fourth-order valence-electron chi connectivity index (χ4n) is 2.63. The van der Waals surface area contributed by atoms with Gasteiger partial charge in [-0.2, -0.15) is 9.90 Å². The minimum Gasteiger partial charge on any atom is -0.247 e. The van der Waals surface area contributed by atoms with E-state index in [0.29, 0.717) is 0 Å². The van der Waals surface area contributed by atoms with Crippen LogP contribution < -0.4 is 0 Å². The van der Waals surface area contributed by atoms with E-state index in [4.69, 9.17) is 0 Å². The Bertz CT molecular complexity index is 362. The summed E-state index contributed by atoms with van der Waals surface area (Å²) >= 11 is 0. The molecule has 0 bridgehead atoms. The molecule has 0 aromatic carbocycles. The van der Waals surface area contributed by atoms with Gasteiger partial charge in [-0.05, 0) is 12.8 Å². The molecule has 10 atom stereocenters. The predicted molar refractivity (Wildman–Crippen MR) is 82.9 cm³/mol. The lowest BCUT2D eigenvalue weighted by Gasteiger charge is -2.26. The predicted octanol–water partition coefficient (Wildman–Crippen LogP) is 5.44. The molecule has 0 heterocycles. The van der Waals surface area contributed by atoms with Gasteiger partial charge in [-0.3, -0.25) is 0 Å². The number of alkyl halides is 9. The van der Waals surface area contributed by atoms with Gasteiger partial charge in [-0.1, -0.05) is 19.3 Å². The molecule has 0 nitrogen and oxygen atoms in total. The van der Waals surface area contributed by atoms with Crippen molar-refractivity contribution in [3.05, 3.63) is 0 Å². The summed E-state index contributed by atoms with van der Waals surface area (Å²) in [4.78, 5) is 0. The smallest absolute Gasteiger partial charge is 0.168 e. The number of hydrogen-bond donors (Lipinski definition) is 0. The SMILES string of the molecule is FC1CCCCCC(F)C(F)C(F)C(F)C(F)C(F)C(F)C(F)C1.P. The van der Waals surface area contributed by atoms with Crippen molar-refractivity contribution in [1.82, 2.24) is 0 Å². The lowest BCUT2D eigenvalue weighted by molar-refractivity contribution is -0.0488. The minimum atomic E-state index is -3.53. The normalized spacial score (nSPS) is 45.7. The molecule has 152 valence electrons. The Morgan fingerprint density at radius 3 is 1.36 bits per heavy atom. The molecule has 0 radical (unpaired) electrons. The first-order chi connectivity index (χ1) is 11.2. The highest BCUT2D eigenvalue weighted by atomic mass is 31.0. The summed E-state index contributed by atoms with van der Waals surface area (Å²) in [6, 6.07) is 0. The molecule has 0 aromatic heterocycles. The van der Waals surface area contributed by atoms with Crippen LogP contribution in [0.25, 0.3) is 0 Å². The van der Waals surface area contributed by atoms with Gasteiger partial charge in [0.15, 0.2) is 37.0 Å². The van der Waals surface area contributed by atoms with Crippen molar-refractivity contribution in [2.75, 3.05) is 0 Å². The second-order valence-corrected chi connectivity index (χ2v) is 6.17. The topological polar surface area (TPSA) is 0 Å². The average molecular weight is 406 g/mol. The van der Waals surface area contributed by atoms with Crippen LogP contribution in [-0.2, 0) is 0 Å². The first kappa shape index (κ1) is 24.8. The van der Waals surface area contributed by atoms with Gasteiger partial charge in [0, 0.05) is 6.42 Å². The summed E-state index contributed by atoms with van der Waals surface area (Å²) in [6.45, 7) is 0. The molecule has 1 aliphatic rings. The second kappa shape index (κ2) is 11.5. The molecule has 0 aliphatic heterocycles. The fraction of sp³-hybridized carbons (Fsp3) is 1.00. The van der Waals surface area contributed by atoms with Gasteiger partial charge >= 0.3 is 0 Å². The standard InChI is InChI=1S/C15H21F9.H3P/c16-7-4-2-1-3-5-8(17)10(19)12(21)14(23)15(24)13(22)11(20)9(18)6-7;/h7-15H,1-6H2;1H3. The Labute approximate surface area is 144 Å². The van der Waals surface area contributed by atoms with Crippen molar-refractivity contribution in [3.63, 3.8) is 0 Å². The summed E-state index contributed by atoms with van der Waals surface area (Å²) in [5.74, 6) is 0. The summed E-state index contributed by atoms with van der Waals surface area (Å²) in [7, 11) is 0. The molecule has 0 spiro atoms. The quantitative estimate of drug-likeness (QED) is 0.371. The molecule has 0 saturated heterocycles. The van der Waals surface area contributed by atoms with E-state index >= 15 is 0 Å². The molecule has 0 aromatic rings. The van der Waals surface area contributed by atoms with Gasteiger partial charge < -0.3 is 0 Å². The van der Waals surface area contributed by atoms with E-state index in [1.807, 2.05) is 0 Å². The van der Waals surface area contributed by atoms with Crippen LogP contribution in [0.5, 0.6) is 0 Å². The maximum Gasteiger partial charge on any atom is 0.168 e. The summed E-state index contributed by atoms with van der Waals surface area (Å²) in [5.41, 5.74) is 0. The lowest BCUT2D eigenvalue weighted by atomic mass is 9.96. The van der Waals surface area contributed by atoms with E-state index < -0.39 is 68.4 Å². The zero-order valence-electron chi connectivity index (χ0n) is 13.5. The van der Waals surface area contributed by atoms with E-state index in [0.717, 1.165) is 0 Å². The molecule has 1 aliphatic carbocycles. The third-order valence-corrected chi connectivity index (χ3v) is 4.19. The Morgan fingerprint density at radius 2 is 0.840 bits per heavy atom. The van der Waals surface area contributed by atoms with Gasteiger partial charge in [0.25, 0.3) is 0 Å². The Balaban J connectivity index is 0.00000576. The summed E-state index contributed by atoms with van der Waals surface area (Å²) in [6.07, 6.45) is -28.5. The van der Waals surface area contributed by atoms with Crippen LogP contribution >= 0.6 is 9.90 Å². The highest BCUT2D eigenvalue weighted by Gasteiger charge is 2.47. The van der Waals surface area contributed by atoms with Gasteiger partial charge in [-0.25, -0.2) is 39.5 Å². The van der Waals surface area contributed by atoms with Gasteiger partial charge in [-0.15, -0.1) is 0 Å². The molecule has 1 rings (SSSR count). The molecule has 0 N–H and O–H groups in total. The van der Waals surface area contributed by atoms with E-state index in [2.05, 4.69) is 0 Å². The van der Waals surface area contributed by atoms with Crippen molar-refractivity contribution >= 4 is 9.90 Å². The van der Waals surface area contributed by atoms with Crippen LogP contribution in [0, 0.1) is 0 Å². The summed E-state index contributed by atoms with van der Waals surface area (Å²) in [5, 5.41) is 0. The third kappa shape index (κ3) is 7.14. The van der Waals surface area contributed by atoms with Crippen LogP contribution in [0.15, 0.2) is 0 Å². The van der Waals surface area contributed by atoms with E-state index in [1.54, 1.807) is 0 Å². The Kier molecular flexibility index (Phi) is 11.4. The van der Waals surface area contributed by atoms with E-state index in [9.17, 15) is 39.5 Å². The molecular weight excluding hydrogens is 382 g/mol. The van der Waals surface area contributed by atoms with Crippen molar-refractivity contribution < 1.29 is 39.5 Å². The number of halogens is 9. The second-order valence-electron chi connectivity index (χ2n) is 6.17. The first-order valence-corrected chi connectivity index (χ1v) is 7.93. The third-order valence-electron chi connectivity index (χ3n) is 4.19. The Hall–Kier alpha value is -0.200. The van der Waals surface area contributed by atoms with Crippen molar-refractivity contribution in [2.24, 2.45) is 0 Å². The van der Waals surface area contributed by atoms with Crippen molar-refractivity contribution in [3.8, 4) is 0 Å². The zero-order valence-corrected chi connectivity index (χ0v) is 15.0. The van der Waals surface area contributed by atoms with E-state index in [1.165, 1.54) is 0 Å². The molecule has 1 fully saturated rings. The van der Waals surface area contributed by atoms with Gasteiger partial charge in [0.2, 0.25) is 0 Å². The Morgan fingerprint density at radius 1 is 0.440 bits per heavy atom. The van der Waals surface area contributed by atoms with Crippen LogP contribution in [0.4, 0.5) is 39.5 Å². The van der Waals surface area contributed by atoms with Crippen molar-refractivity contribution in [1.29, 1.82) is 0 Å². The van der Waals surface area contributed by atoms with Gasteiger partial charge in [0.1, 0.15) is 18.5 Å². The van der Waals surface area contributed by atoms with Gasteiger partial charge in [0.05, 0.1) is 0 Å². The largest absolute Gasteiger partial charge is 0.247 e. The zero-order chi connectivity index (χ0) is 18.4. The highest BCUT2D eigenvalue weighted by Crippen LogP contribution is 2.30. The molecule has 10 unspecified atom stereocenters. The minimum absolute atomic E-state index is 0. The summed E-state index contributed by atoms with van der Waals surface area (Å²) < 4.78 is 121. The number of rotatable bonds is 0. The van der Waals surface area contributed by atoms with Crippen molar-refractivity contribution in [2.45, 2.75) is 94.1 Å². The van der Waals surface area contributed by atoms with Crippen LogP contribution in [-0.4, -0.2) is 55.5 Å².